The molecule has 130 valence electrons. The van der Waals surface area contributed by atoms with Gasteiger partial charge in [-0.1, -0.05) is 18.2 Å². The van der Waals surface area contributed by atoms with E-state index >= 15 is 0 Å². The van der Waals surface area contributed by atoms with Crippen molar-refractivity contribution < 1.29 is 28.2 Å². The summed E-state index contributed by atoms with van der Waals surface area (Å²) in [5, 5.41) is 2.54. The standard InChI is InChI=1S/C18H16FNO5/c1-24-17(22)12-7-13(18(23)25-2)9-14(8-12)20-16(21)10-11-5-3-4-6-15(11)19/h3-9H,10H2,1-2H3,(H,20,21). The van der Waals surface area contributed by atoms with E-state index in [1.165, 1.54) is 50.6 Å². The average molecular weight is 345 g/mol. The summed E-state index contributed by atoms with van der Waals surface area (Å²) in [5.41, 5.74) is 0.583. The topological polar surface area (TPSA) is 81.7 Å². The molecule has 1 amide bonds. The highest BCUT2D eigenvalue weighted by atomic mass is 19.1. The van der Waals surface area contributed by atoms with Crippen molar-refractivity contribution >= 4 is 23.5 Å². The largest absolute Gasteiger partial charge is 0.465 e. The number of carbonyl (C=O) groups excluding carboxylic acids is 3. The maximum atomic E-state index is 13.6. The summed E-state index contributed by atoms with van der Waals surface area (Å²) in [4.78, 5) is 35.6. The molecule has 0 aliphatic carbocycles. The van der Waals surface area contributed by atoms with Crippen molar-refractivity contribution in [3.63, 3.8) is 0 Å². The summed E-state index contributed by atoms with van der Waals surface area (Å²) in [5.74, 6) is -2.33. The minimum atomic E-state index is -0.671. The van der Waals surface area contributed by atoms with E-state index < -0.39 is 23.7 Å². The molecule has 7 heteroatoms. The Morgan fingerprint density at radius 2 is 1.52 bits per heavy atom. The Morgan fingerprint density at radius 3 is 2.04 bits per heavy atom. The van der Waals surface area contributed by atoms with Crippen LogP contribution in [0.15, 0.2) is 42.5 Å². The third kappa shape index (κ3) is 4.63. The fraction of sp³-hybridized carbons (Fsp3) is 0.167. The molecule has 0 aliphatic rings. The number of esters is 2. The van der Waals surface area contributed by atoms with Crippen LogP contribution in [0.4, 0.5) is 10.1 Å². The number of benzene rings is 2. The second-order valence-corrected chi connectivity index (χ2v) is 5.10. The van der Waals surface area contributed by atoms with Crippen molar-refractivity contribution in [3.05, 3.63) is 65.0 Å². The first kappa shape index (κ1) is 18.1. The molecule has 0 fully saturated rings. The van der Waals surface area contributed by atoms with E-state index in [0.717, 1.165) is 0 Å². The first-order valence-electron chi connectivity index (χ1n) is 7.29. The molecule has 0 atom stereocenters. The summed E-state index contributed by atoms with van der Waals surface area (Å²) in [7, 11) is 2.40. The molecule has 0 radical (unpaired) electrons. The van der Waals surface area contributed by atoms with Gasteiger partial charge in [-0.05, 0) is 29.8 Å². The highest BCUT2D eigenvalue weighted by molar-refractivity contribution is 5.99. The molecule has 25 heavy (non-hydrogen) atoms. The molecule has 0 aliphatic heterocycles. The summed E-state index contributed by atoms with van der Waals surface area (Å²) in [6.45, 7) is 0. The van der Waals surface area contributed by atoms with E-state index in [1.807, 2.05) is 0 Å². The third-order valence-corrected chi connectivity index (χ3v) is 3.37. The maximum absolute atomic E-state index is 13.6. The predicted octanol–water partition coefficient (Wildman–Crippen LogP) is 2.58. The Morgan fingerprint density at radius 1 is 0.960 bits per heavy atom. The van der Waals surface area contributed by atoms with Crippen LogP contribution in [0.1, 0.15) is 26.3 Å². The van der Waals surface area contributed by atoms with Gasteiger partial charge in [-0.25, -0.2) is 14.0 Å². The summed E-state index contributed by atoms with van der Waals surface area (Å²) in [6.07, 6.45) is -0.192. The Kier molecular flexibility index (Phi) is 5.84. The van der Waals surface area contributed by atoms with Gasteiger partial charge in [0.15, 0.2) is 0 Å². The molecule has 2 aromatic rings. The smallest absolute Gasteiger partial charge is 0.337 e. The second kappa shape index (κ2) is 8.05. The summed E-state index contributed by atoms with van der Waals surface area (Å²) in [6, 6.07) is 9.92. The van der Waals surface area contributed by atoms with Crippen molar-refractivity contribution in [2.24, 2.45) is 0 Å². The third-order valence-electron chi connectivity index (χ3n) is 3.37. The fourth-order valence-electron chi connectivity index (χ4n) is 2.19. The molecule has 0 aromatic heterocycles. The minimum Gasteiger partial charge on any atom is -0.465 e. The van der Waals surface area contributed by atoms with Crippen molar-refractivity contribution in [2.75, 3.05) is 19.5 Å². The Hall–Kier alpha value is -3.22. The molecule has 2 rings (SSSR count). The highest BCUT2D eigenvalue weighted by Gasteiger charge is 2.15. The summed E-state index contributed by atoms with van der Waals surface area (Å²) < 4.78 is 22.9. The van der Waals surface area contributed by atoms with Gasteiger partial charge in [-0.2, -0.15) is 0 Å². The molecule has 1 N–H and O–H groups in total. The minimum absolute atomic E-state index is 0.0755. The molecule has 6 nitrogen and oxygen atoms in total. The molecule has 2 aromatic carbocycles. The monoisotopic (exact) mass is 345 g/mol. The van der Waals surface area contributed by atoms with E-state index in [9.17, 15) is 18.8 Å². The quantitative estimate of drug-likeness (QED) is 0.843. The van der Waals surface area contributed by atoms with Gasteiger partial charge in [0.05, 0.1) is 31.8 Å². The zero-order chi connectivity index (χ0) is 18.4. The lowest BCUT2D eigenvalue weighted by atomic mass is 10.1. The van der Waals surface area contributed by atoms with Crippen LogP contribution in [0.2, 0.25) is 0 Å². The molecule has 0 saturated carbocycles. The van der Waals surface area contributed by atoms with E-state index in [0.29, 0.717) is 0 Å². The maximum Gasteiger partial charge on any atom is 0.337 e. The number of hydrogen-bond acceptors (Lipinski definition) is 5. The number of halogens is 1. The van der Waals surface area contributed by atoms with Crippen molar-refractivity contribution in [2.45, 2.75) is 6.42 Å². The first-order chi connectivity index (χ1) is 11.9. The number of amides is 1. The van der Waals surface area contributed by atoms with Gasteiger partial charge >= 0.3 is 11.9 Å². The SMILES string of the molecule is COC(=O)c1cc(NC(=O)Cc2ccccc2F)cc(C(=O)OC)c1. The van der Waals surface area contributed by atoms with Crippen LogP contribution in [-0.4, -0.2) is 32.1 Å². The van der Waals surface area contributed by atoms with Gasteiger partial charge in [-0.15, -0.1) is 0 Å². The van der Waals surface area contributed by atoms with Gasteiger partial charge in [0.25, 0.3) is 0 Å². The van der Waals surface area contributed by atoms with Crippen LogP contribution in [0.25, 0.3) is 0 Å². The van der Waals surface area contributed by atoms with Crippen LogP contribution in [0.5, 0.6) is 0 Å². The number of rotatable bonds is 5. The number of anilines is 1. The molecule has 0 spiro atoms. The van der Waals surface area contributed by atoms with Gasteiger partial charge in [0.2, 0.25) is 5.91 Å². The lowest BCUT2D eigenvalue weighted by Gasteiger charge is -2.10. The van der Waals surface area contributed by atoms with Gasteiger partial charge in [-0.3, -0.25) is 4.79 Å². The molecule has 0 bridgehead atoms. The van der Waals surface area contributed by atoms with Crippen LogP contribution in [0.3, 0.4) is 0 Å². The van der Waals surface area contributed by atoms with E-state index in [1.54, 1.807) is 6.07 Å². The highest BCUT2D eigenvalue weighted by Crippen LogP contribution is 2.18. The van der Waals surface area contributed by atoms with Gasteiger partial charge in [0.1, 0.15) is 5.82 Å². The molecule has 0 saturated heterocycles. The van der Waals surface area contributed by atoms with Gasteiger partial charge in [0, 0.05) is 5.69 Å². The first-order valence-corrected chi connectivity index (χ1v) is 7.29. The van der Waals surface area contributed by atoms with E-state index in [4.69, 9.17) is 0 Å². The second-order valence-electron chi connectivity index (χ2n) is 5.10. The van der Waals surface area contributed by atoms with Gasteiger partial charge < -0.3 is 14.8 Å². The molecular formula is C18H16FNO5. The molecule has 0 unspecified atom stereocenters. The summed E-state index contributed by atoms with van der Waals surface area (Å²) >= 11 is 0. The Balaban J connectivity index is 2.25. The normalized spacial score (nSPS) is 10.0. The Labute approximate surface area is 143 Å². The van der Waals surface area contributed by atoms with Crippen molar-refractivity contribution in [3.8, 4) is 0 Å². The van der Waals surface area contributed by atoms with Crippen LogP contribution < -0.4 is 5.32 Å². The number of carbonyl (C=O) groups is 3. The fourth-order valence-corrected chi connectivity index (χ4v) is 2.19. The van der Waals surface area contributed by atoms with Crippen LogP contribution >= 0.6 is 0 Å². The number of ether oxygens (including phenoxy) is 2. The lowest BCUT2D eigenvalue weighted by molar-refractivity contribution is -0.115. The van der Waals surface area contributed by atoms with E-state index in [2.05, 4.69) is 14.8 Å². The predicted molar refractivity (Wildman–Crippen MR) is 87.9 cm³/mol. The Bertz CT molecular complexity index is 785. The molecule has 0 heterocycles. The number of hydrogen-bond donors (Lipinski definition) is 1. The van der Waals surface area contributed by atoms with Crippen LogP contribution in [-0.2, 0) is 20.7 Å². The van der Waals surface area contributed by atoms with E-state index in [-0.39, 0.29) is 28.8 Å². The van der Waals surface area contributed by atoms with Crippen molar-refractivity contribution in [1.29, 1.82) is 0 Å². The zero-order valence-electron chi connectivity index (χ0n) is 13.7. The number of nitrogens with one attached hydrogen (secondary N) is 1. The lowest BCUT2D eigenvalue weighted by Crippen LogP contribution is -2.16. The van der Waals surface area contributed by atoms with Crippen LogP contribution in [0, 0.1) is 5.82 Å². The number of methoxy groups -OCH3 is 2. The molecular weight excluding hydrogens is 329 g/mol. The average Bonchev–Trinajstić information content (AvgIpc) is 2.61. The van der Waals surface area contributed by atoms with Crippen molar-refractivity contribution in [1.82, 2.24) is 0 Å². The zero-order valence-corrected chi connectivity index (χ0v) is 13.7.